The summed E-state index contributed by atoms with van der Waals surface area (Å²) in [5, 5.41) is 0. The van der Waals surface area contributed by atoms with Crippen LogP contribution in [-0.4, -0.2) is 41.5 Å². The van der Waals surface area contributed by atoms with Crippen molar-refractivity contribution in [2.24, 2.45) is 0 Å². The molecule has 0 aliphatic carbocycles. The molecular formula is C17H19N3O. The maximum Gasteiger partial charge on any atom is 0.320 e. The van der Waals surface area contributed by atoms with Crippen molar-refractivity contribution in [3.63, 3.8) is 0 Å². The van der Waals surface area contributed by atoms with Crippen molar-refractivity contribution in [1.29, 1.82) is 0 Å². The SMILES string of the molecule is CN(C)C(=O)N1CCc2ccccc2C1c1cccnc1. The molecule has 21 heavy (non-hydrogen) atoms. The van der Waals surface area contributed by atoms with Gasteiger partial charge in [0.1, 0.15) is 0 Å². The predicted molar refractivity (Wildman–Crippen MR) is 82.0 cm³/mol. The second kappa shape index (κ2) is 5.56. The van der Waals surface area contributed by atoms with Crippen LogP contribution in [0.2, 0.25) is 0 Å². The molecule has 2 aromatic rings. The van der Waals surface area contributed by atoms with Gasteiger partial charge in [-0.3, -0.25) is 4.98 Å². The Balaban J connectivity index is 2.09. The molecular weight excluding hydrogens is 262 g/mol. The van der Waals surface area contributed by atoms with E-state index in [1.54, 1.807) is 25.2 Å². The van der Waals surface area contributed by atoms with Crippen LogP contribution in [0.3, 0.4) is 0 Å². The first-order valence-corrected chi connectivity index (χ1v) is 7.14. The highest BCUT2D eigenvalue weighted by molar-refractivity contribution is 5.75. The molecule has 108 valence electrons. The molecule has 1 aliphatic heterocycles. The van der Waals surface area contributed by atoms with Crippen LogP contribution in [0.5, 0.6) is 0 Å². The number of fused-ring (bicyclic) bond motifs is 1. The summed E-state index contributed by atoms with van der Waals surface area (Å²) in [6.07, 6.45) is 4.51. The zero-order valence-electron chi connectivity index (χ0n) is 12.4. The van der Waals surface area contributed by atoms with E-state index in [1.807, 2.05) is 29.3 Å². The fourth-order valence-electron chi connectivity index (χ4n) is 2.93. The molecule has 0 saturated heterocycles. The number of carbonyl (C=O) groups excluding carboxylic acids is 1. The van der Waals surface area contributed by atoms with Gasteiger partial charge in [-0.25, -0.2) is 4.79 Å². The Morgan fingerprint density at radius 1 is 1.24 bits per heavy atom. The molecule has 1 aliphatic rings. The minimum Gasteiger partial charge on any atom is -0.331 e. The Hall–Kier alpha value is -2.36. The third-order valence-corrected chi connectivity index (χ3v) is 3.91. The van der Waals surface area contributed by atoms with Gasteiger partial charge in [0.25, 0.3) is 0 Å². The zero-order valence-corrected chi connectivity index (χ0v) is 12.4. The summed E-state index contributed by atoms with van der Waals surface area (Å²) in [5.41, 5.74) is 3.57. The predicted octanol–water partition coefficient (Wildman–Crippen LogP) is 2.71. The summed E-state index contributed by atoms with van der Waals surface area (Å²) in [7, 11) is 3.59. The highest BCUT2D eigenvalue weighted by Crippen LogP contribution is 2.35. The smallest absolute Gasteiger partial charge is 0.320 e. The van der Waals surface area contributed by atoms with E-state index < -0.39 is 0 Å². The normalized spacial score (nSPS) is 17.2. The molecule has 0 saturated carbocycles. The van der Waals surface area contributed by atoms with Gasteiger partial charge >= 0.3 is 6.03 Å². The van der Waals surface area contributed by atoms with Crippen LogP contribution in [0.25, 0.3) is 0 Å². The standard InChI is InChI=1S/C17H19N3O/c1-19(2)17(21)20-11-9-13-6-3-4-8-15(13)16(20)14-7-5-10-18-12-14/h3-8,10,12,16H,9,11H2,1-2H3. The topological polar surface area (TPSA) is 36.4 Å². The Bertz CT molecular complexity index is 639. The van der Waals surface area contributed by atoms with E-state index in [4.69, 9.17) is 0 Å². The third-order valence-electron chi connectivity index (χ3n) is 3.91. The number of hydrogen-bond acceptors (Lipinski definition) is 2. The number of benzene rings is 1. The minimum atomic E-state index is -0.0569. The van der Waals surface area contributed by atoms with Crippen molar-refractivity contribution in [2.75, 3.05) is 20.6 Å². The van der Waals surface area contributed by atoms with Gasteiger partial charge < -0.3 is 9.80 Å². The van der Waals surface area contributed by atoms with Crippen LogP contribution in [0.1, 0.15) is 22.7 Å². The maximum atomic E-state index is 12.5. The summed E-state index contributed by atoms with van der Waals surface area (Å²) in [6.45, 7) is 0.730. The second-order valence-corrected chi connectivity index (χ2v) is 5.51. The maximum absolute atomic E-state index is 12.5. The van der Waals surface area contributed by atoms with Crippen LogP contribution in [0.15, 0.2) is 48.8 Å². The van der Waals surface area contributed by atoms with Gasteiger partial charge in [-0.15, -0.1) is 0 Å². The molecule has 4 heteroatoms. The lowest BCUT2D eigenvalue weighted by molar-refractivity contribution is 0.154. The molecule has 0 radical (unpaired) electrons. The molecule has 0 N–H and O–H groups in total. The Labute approximate surface area is 125 Å². The molecule has 2 amide bonds. The molecule has 0 bridgehead atoms. The van der Waals surface area contributed by atoms with Crippen molar-refractivity contribution < 1.29 is 4.79 Å². The summed E-state index contributed by atoms with van der Waals surface area (Å²) in [6, 6.07) is 12.3. The van der Waals surface area contributed by atoms with Gasteiger partial charge in [0, 0.05) is 33.0 Å². The van der Waals surface area contributed by atoms with Crippen LogP contribution >= 0.6 is 0 Å². The minimum absolute atomic E-state index is 0.0401. The monoisotopic (exact) mass is 281 g/mol. The lowest BCUT2D eigenvalue weighted by Gasteiger charge is -2.38. The van der Waals surface area contributed by atoms with E-state index in [0.29, 0.717) is 0 Å². The van der Waals surface area contributed by atoms with E-state index >= 15 is 0 Å². The lowest BCUT2D eigenvalue weighted by Crippen LogP contribution is -2.45. The number of hydrogen-bond donors (Lipinski definition) is 0. The lowest BCUT2D eigenvalue weighted by atomic mass is 9.89. The van der Waals surface area contributed by atoms with Crippen molar-refractivity contribution in [1.82, 2.24) is 14.8 Å². The van der Waals surface area contributed by atoms with Gasteiger partial charge in [0.2, 0.25) is 0 Å². The van der Waals surface area contributed by atoms with Gasteiger partial charge in [-0.1, -0.05) is 30.3 Å². The Morgan fingerprint density at radius 2 is 2.05 bits per heavy atom. The van der Waals surface area contributed by atoms with Crippen LogP contribution in [-0.2, 0) is 6.42 Å². The number of aromatic nitrogens is 1. The van der Waals surface area contributed by atoms with Crippen molar-refractivity contribution in [3.8, 4) is 0 Å². The van der Waals surface area contributed by atoms with Crippen LogP contribution in [0.4, 0.5) is 4.79 Å². The fourth-order valence-corrected chi connectivity index (χ4v) is 2.93. The van der Waals surface area contributed by atoms with E-state index in [-0.39, 0.29) is 12.1 Å². The van der Waals surface area contributed by atoms with Gasteiger partial charge in [0.15, 0.2) is 0 Å². The number of pyridine rings is 1. The summed E-state index contributed by atoms with van der Waals surface area (Å²) in [4.78, 5) is 20.3. The zero-order chi connectivity index (χ0) is 14.8. The van der Waals surface area contributed by atoms with E-state index in [9.17, 15) is 4.79 Å². The van der Waals surface area contributed by atoms with E-state index in [1.165, 1.54) is 11.1 Å². The largest absolute Gasteiger partial charge is 0.331 e. The molecule has 1 aromatic heterocycles. The number of nitrogens with zero attached hydrogens (tertiary/aromatic N) is 3. The van der Waals surface area contributed by atoms with Gasteiger partial charge in [0.05, 0.1) is 6.04 Å². The van der Waals surface area contributed by atoms with Crippen molar-refractivity contribution in [2.45, 2.75) is 12.5 Å². The van der Waals surface area contributed by atoms with Crippen LogP contribution in [0, 0.1) is 0 Å². The molecule has 3 rings (SSSR count). The second-order valence-electron chi connectivity index (χ2n) is 5.51. The summed E-state index contributed by atoms with van der Waals surface area (Å²) in [5.74, 6) is 0. The first-order valence-electron chi connectivity index (χ1n) is 7.14. The quantitative estimate of drug-likeness (QED) is 0.806. The first-order chi connectivity index (χ1) is 10.2. The average Bonchev–Trinajstić information content (AvgIpc) is 2.53. The molecule has 0 spiro atoms. The number of rotatable bonds is 1. The van der Waals surface area contributed by atoms with Gasteiger partial charge in [-0.2, -0.15) is 0 Å². The Kier molecular flexibility index (Phi) is 3.60. The number of carbonyl (C=O) groups is 1. The Morgan fingerprint density at radius 3 is 2.76 bits per heavy atom. The average molecular weight is 281 g/mol. The van der Waals surface area contributed by atoms with Gasteiger partial charge in [-0.05, 0) is 29.2 Å². The molecule has 1 aromatic carbocycles. The number of urea groups is 1. The molecule has 0 fully saturated rings. The molecule has 4 nitrogen and oxygen atoms in total. The third kappa shape index (κ3) is 2.49. The van der Waals surface area contributed by atoms with E-state index in [0.717, 1.165) is 18.5 Å². The van der Waals surface area contributed by atoms with E-state index in [2.05, 4.69) is 23.2 Å². The van der Waals surface area contributed by atoms with Crippen LogP contribution < -0.4 is 0 Å². The van der Waals surface area contributed by atoms with Crippen molar-refractivity contribution in [3.05, 3.63) is 65.5 Å². The fraction of sp³-hybridized carbons (Fsp3) is 0.294. The molecule has 2 heterocycles. The number of amides is 2. The highest BCUT2D eigenvalue weighted by atomic mass is 16.2. The molecule has 1 unspecified atom stereocenters. The first kappa shape index (κ1) is 13.6. The molecule has 1 atom stereocenters. The highest BCUT2D eigenvalue weighted by Gasteiger charge is 2.32. The summed E-state index contributed by atoms with van der Waals surface area (Å²) >= 11 is 0. The van der Waals surface area contributed by atoms with Crippen molar-refractivity contribution >= 4 is 6.03 Å². The summed E-state index contributed by atoms with van der Waals surface area (Å²) < 4.78 is 0.